The van der Waals surface area contributed by atoms with E-state index < -0.39 is 0 Å². The molecule has 2 aromatic rings. The number of benzene rings is 1. The summed E-state index contributed by atoms with van der Waals surface area (Å²) < 4.78 is 14.8. The maximum atomic E-state index is 13.0. The minimum Gasteiger partial charge on any atom is -0.310 e. The molecule has 0 fully saturated rings. The lowest BCUT2D eigenvalue weighted by Gasteiger charge is -2.08. The highest BCUT2D eigenvalue weighted by atomic mass is 19.1. The Morgan fingerprint density at radius 2 is 2.21 bits per heavy atom. The van der Waals surface area contributed by atoms with Gasteiger partial charge in [0.25, 0.3) is 0 Å². The van der Waals surface area contributed by atoms with Crippen LogP contribution in [0, 0.1) is 12.7 Å². The second-order valence-electron chi connectivity index (χ2n) is 4.49. The van der Waals surface area contributed by atoms with Crippen LogP contribution < -0.4 is 5.32 Å². The fourth-order valence-corrected chi connectivity index (χ4v) is 2.05. The summed E-state index contributed by atoms with van der Waals surface area (Å²) in [5, 5.41) is 7.46. The molecule has 0 aliphatic rings. The minimum absolute atomic E-state index is 0.176. The van der Waals surface area contributed by atoms with Crippen LogP contribution in [0.5, 0.6) is 0 Å². The van der Waals surface area contributed by atoms with Gasteiger partial charge in [0.05, 0.1) is 6.54 Å². The molecule has 0 bridgehead atoms. The first kappa shape index (κ1) is 13.7. The minimum atomic E-state index is -0.176. The van der Waals surface area contributed by atoms with E-state index in [0.29, 0.717) is 6.54 Å². The number of hydrogen-bond acceptors (Lipinski definition) is 3. The third kappa shape index (κ3) is 3.61. The van der Waals surface area contributed by atoms with Gasteiger partial charge in [0.2, 0.25) is 0 Å². The lowest BCUT2D eigenvalue weighted by Crippen LogP contribution is -2.20. The van der Waals surface area contributed by atoms with Crippen LogP contribution >= 0.6 is 0 Å². The Hall–Kier alpha value is -1.75. The number of aryl methyl sites for hydroxylation is 2. The fraction of sp³-hybridized carbons (Fsp3) is 0.429. The number of nitrogens with zero attached hydrogens (tertiary/aromatic N) is 3. The summed E-state index contributed by atoms with van der Waals surface area (Å²) in [6.45, 7) is 6.34. The standard InChI is InChI=1S/C14H19FN4/c1-3-19-14(17-10-18-19)9-16-7-6-12-4-5-13(15)8-11(12)2/h4-5,8,10,16H,3,6-7,9H2,1-2H3. The van der Waals surface area contributed by atoms with Crippen molar-refractivity contribution >= 4 is 0 Å². The summed E-state index contributed by atoms with van der Waals surface area (Å²) in [4.78, 5) is 4.20. The first-order valence-corrected chi connectivity index (χ1v) is 6.53. The molecule has 0 saturated heterocycles. The molecular weight excluding hydrogens is 243 g/mol. The second-order valence-corrected chi connectivity index (χ2v) is 4.49. The summed E-state index contributed by atoms with van der Waals surface area (Å²) in [6, 6.07) is 4.93. The van der Waals surface area contributed by atoms with E-state index in [0.717, 1.165) is 30.9 Å². The third-order valence-corrected chi connectivity index (χ3v) is 3.15. The number of aromatic nitrogens is 3. The molecule has 0 atom stereocenters. The van der Waals surface area contributed by atoms with Crippen LogP contribution in [0.15, 0.2) is 24.5 Å². The van der Waals surface area contributed by atoms with Crippen LogP contribution in [-0.2, 0) is 19.5 Å². The lowest BCUT2D eigenvalue weighted by atomic mass is 10.1. The molecule has 0 aliphatic carbocycles. The SMILES string of the molecule is CCn1ncnc1CNCCc1ccc(F)cc1C. The van der Waals surface area contributed by atoms with Crippen LogP contribution in [0.2, 0.25) is 0 Å². The predicted molar refractivity (Wildman–Crippen MR) is 72.2 cm³/mol. The normalized spacial score (nSPS) is 10.9. The van der Waals surface area contributed by atoms with Crippen LogP contribution in [0.4, 0.5) is 4.39 Å². The molecule has 0 radical (unpaired) electrons. The Labute approximate surface area is 112 Å². The van der Waals surface area contributed by atoms with Gasteiger partial charge in [-0.3, -0.25) is 0 Å². The first-order valence-electron chi connectivity index (χ1n) is 6.53. The molecule has 1 N–H and O–H groups in total. The van der Waals surface area contributed by atoms with E-state index in [-0.39, 0.29) is 5.82 Å². The van der Waals surface area contributed by atoms with Crippen LogP contribution in [0.3, 0.4) is 0 Å². The Bertz CT molecular complexity index is 536. The van der Waals surface area contributed by atoms with Crippen LogP contribution in [-0.4, -0.2) is 21.3 Å². The van der Waals surface area contributed by atoms with Crippen molar-refractivity contribution in [3.63, 3.8) is 0 Å². The molecular formula is C14H19FN4. The van der Waals surface area contributed by atoms with Gasteiger partial charge < -0.3 is 5.32 Å². The van der Waals surface area contributed by atoms with Gasteiger partial charge in [0.15, 0.2) is 0 Å². The largest absolute Gasteiger partial charge is 0.310 e. The highest BCUT2D eigenvalue weighted by molar-refractivity contribution is 5.26. The van der Waals surface area contributed by atoms with Gasteiger partial charge in [-0.1, -0.05) is 6.07 Å². The van der Waals surface area contributed by atoms with Crippen molar-refractivity contribution in [2.45, 2.75) is 33.4 Å². The number of rotatable bonds is 6. The van der Waals surface area contributed by atoms with Gasteiger partial charge in [-0.05, 0) is 50.1 Å². The van der Waals surface area contributed by atoms with Gasteiger partial charge >= 0.3 is 0 Å². The number of hydrogen-bond donors (Lipinski definition) is 1. The molecule has 1 aromatic carbocycles. The van der Waals surface area contributed by atoms with Crippen molar-refractivity contribution in [3.05, 3.63) is 47.3 Å². The van der Waals surface area contributed by atoms with Crippen molar-refractivity contribution in [1.82, 2.24) is 20.1 Å². The van der Waals surface area contributed by atoms with E-state index in [9.17, 15) is 4.39 Å². The summed E-state index contributed by atoms with van der Waals surface area (Å²) in [6.07, 6.45) is 2.46. The number of halogens is 1. The Morgan fingerprint density at radius 1 is 1.37 bits per heavy atom. The summed E-state index contributed by atoms with van der Waals surface area (Å²) in [5.74, 6) is 0.767. The molecule has 2 rings (SSSR count). The summed E-state index contributed by atoms with van der Waals surface area (Å²) >= 11 is 0. The molecule has 1 heterocycles. The van der Waals surface area contributed by atoms with E-state index in [2.05, 4.69) is 15.4 Å². The molecule has 0 aliphatic heterocycles. The lowest BCUT2D eigenvalue weighted by molar-refractivity contribution is 0.572. The van der Waals surface area contributed by atoms with Crippen molar-refractivity contribution in [2.75, 3.05) is 6.54 Å². The zero-order chi connectivity index (χ0) is 13.7. The van der Waals surface area contributed by atoms with Crippen molar-refractivity contribution in [1.29, 1.82) is 0 Å². The Balaban J connectivity index is 1.81. The monoisotopic (exact) mass is 262 g/mol. The van der Waals surface area contributed by atoms with E-state index in [4.69, 9.17) is 0 Å². The van der Waals surface area contributed by atoms with Crippen molar-refractivity contribution in [2.24, 2.45) is 0 Å². The summed E-state index contributed by atoms with van der Waals surface area (Å²) in [5.41, 5.74) is 2.17. The topological polar surface area (TPSA) is 42.7 Å². The number of nitrogens with one attached hydrogen (secondary N) is 1. The van der Waals surface area contributed by atoms with Gasteiger partial charge in [0, 0.05) is 6.54 Å². The molecule has 0 amide bonds. The molecule has 0 saturated carbocycles. The zero-order valence-electron chi connectivity index (χ0n) is 11.4. The maximum absolute atomic E-state index is 13.0. The second kappa shape index (κ2) is 6.43. The van der Waals surface area contributed by atoms with E-state index in [1.165, 1.54) is 11.6 Å². The van der Waals surface area contributed by atoms with Crippen LogP contribution in [0.25, 0.3) is 0 Å². The highest BCUT2D eigenvalue weighted by Gasteiger charge is 2.03. The van der Waals surface area contributed by atoms with E-state index >= 15 is 0 Å². The van der Waals surface area contributed by atoms with Crippen molar-refractivity contribution in [3.8, 4) is 0 Å². The Morgan fingerprint density at radius 3 is 2.95 bits per heavy atom. The molecule has 4 nitrogen and oxygen atoms in total. The fourth-order valence-electron chi connectivity index (χ4n) is 2.05. The molecule has 5 heteroatoms. The van der Waals surface area contributed by atoms with Gasteiger partial charge in [-0.2, -0.15) is 5.10 Å². The van der Waals surface area contributed by atoms with Gasteiger partial charge in [-0.15, -0.1) is 0 Å². The molecule has 0 unspecified atom stereocenters. The smallest absolute Gasteiger partial charge is 0.140 e. The average Bonchev–Trinajstić information content (AvgIpc) is 2.84. The molecule has 19 heavy (non-hydrogen) atoms. The molecule has 102 valence electrons. The Kier molecular flexibility index (Phi) is 4.63. The van der Waals surface area contributed by atoms with Gasteiger partial charge in [-0.25, -0.2) is 14.1 Å². The van der Waals surface area contributed by atoms with Crippen LogP contribution in [0.1, 0.15) is 23.9 Å². The quantitative estimate of drug-likeness (QED) is 0.810. The summed E-state index contributed by atoms with van der Waals surface area (Å²) in [7, 11) is 0. The predicted octanol–water partition coefficient (Wildman–Crippen LogP) is 2.08. The zero-order valence-corrected chi connectivity index (χ0v) is 11.4. The third-order valence-electron chi connectivity index (χ3n) is 3.15. The van der Waals surface area contributed by atoms with Gasteiger partial charge in [0.1, 0.15) is 18.0 Å². The maximum Gasteiger partial charge on any atom is 0.140 e. The van der Waals surface area contributed by atoms with Crippen molar-refractivity contribution < 1.29 is 4.39 Å². The first-order chi connectivity index (χ1) is 9.20. The van der Waals surface area contributed by atoms with E-state index in [1.54, 1.807) is 12.4 Å². The molecule has 0 spiro atoms. The highest BCUT2D eigenvalue weighted by Crippen LogP contribution is 2.10. The molecule has 1 aromatic heterocycles. The average molecular weight is 262 g/mol. The van der Waals surface area contributed by atoms with E-state index in [1.807, 2.05) is 24.6 Å².